The van der Waals surface area contributed by atoms with Gasteiger partial charge in [0.25, 0.3) is 0 Å². The van der Waals surface area contributed by atoms with Gasteiger partial charge in [-0.05, 0) is 12.8 Å². The summed E-state index contributed by atoms with van der Waals surface area (Å²) in [5.74, 6) is -2.42. The number of rotatable bonds is 20. The smallest absolute Gasteiger partial charge is 0.342 e. The van der Waals surface area contributed by atoms with Crippen molar-refractivity contribution >= 4 is 11.8 Å². The lowest BCUT2D eigenvalue weighted by molar-refractivity contribution is -0.135. The third-order valence-corrected chi connectivity index (χ3v) is 5.36. The van der Waals surface area contributed by atoms with E-state index >= 15 is 0 Å². The first-order chi connectivity index (χ1) is 13.9. The van der Waals surface area contributed by atoms with Crippen LogP contribution in [-0.2, 0) is 9.59 Å². The number of ketones is 1. The maximum Gasteiger partial charge on any atom is 0.342 e. The summed E-state index contributed by atoms with van der Waals surface area (Å²) in [5.41, 5.74) is -0.547. The van der Waals surface area contributed by atoms with E-state index < -0.39 is 23.4 Å². The van der Waals surface area contributed by atoms with Gasteiger partial charge in [0.15, 0.2) is 5.78 Å². The predicted octanol–water partition coefficient (Wildman–Crippen LogP) is 6.48. The molecule has 0 aromatic carbocycles. The first kappa shape index (κ1) is 27.6. The van der Waals surface area contributed by atoms with E-state index in [1.54, 1.807) is 0 Å². The first-order valence-corrected chi connectivity index (χ1v) is 11.8. The molecule has 5 nitrogen and oxygen atoms in total. The van der Waals surface area contributed by atoms with Gasteiger partial charge < -0.3 is 15.3 Å². The van der Waals surface area contributed by atoms with Gasteiger partial charge in [-0.15, -0.1) is 0 Å². The van der Waals surface area contributed by atoms with Crippen molar-refractivity contribution in [3.05, 3.63) is 11.3 Å². The van der Waals surface area contributed by atoms with E-state index in [0.29, 0.717) is 12.8 Å². The zero-order valence-corrected chi connectivity index (χ0v) is 18.8. The summed E-state index contributed by atoms with van der Waals surface area (Å²) in [6, 6.07) is 0. The Kier molecular flexibility index (Phi) is 17.8. The molecule has 0 saturated carbocycles. The quantitative estimate of drug-likeness (QED) is 0.0699. The second kappa shape index (κ2) is 18.7. The van der Waals surface area contributed by atoms with Crippen LogP contribution in [0.5, 0.6) is 0 Å². The highest BCUT2D eigenvalue weighted by molar-refractivity contribution is 6.17. The minimum absolute atomic E-state index is 0.205. The molecule has 0 aromatic rings. The molecule has 0 aliphatic rings. The van der Waals surface area contributed by atoms with Crippen molar-refractivity contribution in [1.29, 1.82) is 0 Å². The van der Waals surface area contributed by atoms with Crippen molar-refractivity contribution in [2.45, 2.75) is 129 Å². The van der Waals surface area contributed by atoms with Gasteiger partial charge in [0, 0.05) is 12.8 Å². The monoisotopic (exact) mass is 412 g/mol. The fraction of sp³-hybridized carbons (Fsp3) is 0.833. The summed E-state index contributed by atoms with van der Waals surface area (Å²) in [4.78, 5) is 23.7. The summed E-state index contributed by atoms with van der Waals surface area (Å²) in [5, 5.41) is 29.5. The first-order valence-electron chi connectivity index (χ1n) is 11.8. The van der Waals surface area contributed by atoms with Crippen molar-refractivity contribution in [2.24, 2.45) is 0 Å². The number of carboxylic acid groups (broad SMARTS) is 1. The molecule has 0 spiro atoms. The van der Waals surface area contributed by atoms with Crippen LogP contribution in [0.2, 0.25) is 0 Å². The molecule has 0 rings (SSSR count). The molecule has 0 heterocycles. The lowest BCUT2D eigenvalue weighted by Crippen LogP contribution is -2.21. The number of allylic oxidation sites excluding steroid dienone is 1. The summed E-state index contributed by atoms with van der Waals surface area (Å²) >= 11 is 0. The minimum atomic E-state index is -1.40. The maximum atomic E-state index is 12.3. The fourth-order valence-electron chi connectivity index (χ4n) is 3.53. The van der Waals surface area contributed by atoms with Crippen LogP contribution in [-0.4, -0.2) is 33.2 Å². The van der Waals surface area contributed by atoms with Crippen LogP contribution >= 0.6 is 0 Å². The molecule has 1 unspecified atom stereocenters. The number of carbonyl (C=O) groups is 2. The number of aliphatic carboxylic acids is 1. The van der Waals surface area contributed by atoms with Crippen LogP contribution in [0.1, 0.15) is 123 Å². The van der Waals surface area contributed by atoms with Gasteiger partial charge in [-0.25, -0.2) is 4.79 Å². The molecule has 0 fully saturated rings. The van der Waals surface area contributed by atoms with Gasteiger partial charge in [0.2, 0.25) is 0 Å². The zero-order chi connectivity index (χ0) is 21.9. The Bertz CT molecular complexity index is 470. The number of hydrogen-bond donors (Lipinski definition) is 3. The van der Waals surface area contributed by atoms with Gasteiger partial charge in [-0.2, -0.15) is 0 Å². The second-order valence-corrected chi connectivity index (χ2v) is 8.19. The SMILES string of the molecule is CCCCCCCCCCCC(O)=C(C(=O)O)C(=O)CC(O)CCCCCCC. The normalized spacial score (nSPS) is 13.2. The lowest BCUT2D eigenvalue weighted by Gasteiger charge is -2.11. The Morgan fingerprint density at radius 2 is 1.14 bits per heavy atom. The number of carbonyl (C=O) groups excluding carboxylic acids is 1. The predicted molar refractivity (Wildman–Crippen MR) is 118 cm³/mol. The van der Waals surface area contributed by atoms with E-state index in [0.717, 1.165) is 51.4 Å². The lowest BCUT2D eigenvalue weighted by atomic mass is 9.98. The Balaban J connectivity index is 4.23. The van der Waals surface area contributed by atoms with Crippen molar-refractivity contribution < 1.29 is 24.9 Å². The molecule has 170 valence electrons. The zero-order valence-electron chi connectivity index (χ0n) is 18.8. The van der Waals surface area contributed by atoms with Crippen molar-refractivity contribution in [2.75, 3.05) is 0 Å². The highest BCUT2D eigenvalue weighted by Crippen LogP contribution is 2.18. The van der Waals surface area contributed by atoms with Gasteiger partial charge in [-0.3, -0.25) is 4.79 Å². The fourth-order valence-corrected chi connectivity index (χ4v) is 3.53. The molecule has 0 aromatic heterocycles. The Labute approximate surface area is 177 Å². The van der Waals surface area contributed by atoms with Crippen LogP contribution in [0.25, 0.3) is 0 Å². The molecule has 5 heteroatoms. The third-order valence-electron chi connectivity index (χ3n) is 5.36. The summed E-state index contributed by atoms with van der Waals surface area (Å²) < 4.78 is 0. The van der Waals surface area contributed by atoms with E-state index in [1.807, 2.05) is 0 Å². The molecule has 0 aliphatic carbocycles. The van der Waals surface area contributed by atoms with E-state index in [-0.39, 0.29) is 18.6 Å². The summed E-state index contributed by atoms with van der Waals surface area (Å²) in [6.45, 7) is 4.33. The van der Waals surface area contributed by atoms with E-state index in [2.05, 4.69) is 13.8 Å². The van der Waals surface area contributed by atoms with Crippen LogP contribution in [0, 0.1) is 0 Å². The van der Waals surface area contributed by atoms with Gasteiger partial charge in [0.05, 0.1) is 6.10 Å². The number of hydrogen-bond acceptors (Lipinski definition) is 4. The third kappa shape index (κ3) is 15.2. The largest absolute Gasteiger partial charge is 0.511 e. The van der Waals surface area contributed by atoms with Gasteiger partial charge in [-0.1, -0.05) is 97.3 Å². The molecule has 0 amide bonds. The topological polar surface area (TPSA) is 94.8 Å². The van der Waals surface area contributed by atoms with Gasteiger partial charge in [0.1, 0.15) is 11.3 Å². The van der Waals surface area contributed by atoms with E-state index in [4.69, 9.17) is 0 Å². The Morgan fingerprint density at radius 1 is 0.690 bits per heavy atom. The minimum Gasteiger partial charge on any atom is -0.511 e. The average molecular weight is 413 g/mol. The van der Waals surface area contributed by atoms with E-state index in [9.17, 15) is 24.9 Å². The van der Waals surface area contributed by atoms with Crippen LogP contribution in [0.4, 0.5) is 0 Å². The summed E-state index contributed by atoms with van der Waals surface area (Å²) in [6.07, 6.45) is 15.0. The van der Waals surface area contributed by atoms with Crippen molar-refractivity contribution in [1.82, 2.24) is 0 Å². The summed E-state index contributed by atoms with van der Waals surface area (Å²) in [7, 11) is 0. The van der Waals surface area contributed by atoms with Crippen LogP contribution < -0.4 is 0 Å². The number of aliphatic hydroxyl groups is 2. The molecule has 1 atom stereocenters. The molecule has 0 radical (unpaired) electrons. The number of Topliss-reactive ketones (excluding diaryl/α,β-unsaturated/α-hetero) is 1. The van der Waals surface area contributed by atoms with Crippen molar-refractivity contribution in [3.63, 3.8) is 0 Å². The number of carboxylic acids is 1. The molecule has 0 bridgehead atoms. The molecular weight excluding hydrogens is 368 g/mol. The molecule has 3 N–H and O–H groups in total. The molecule has 29 heavy (non-hydrogen) atoms. The Morgan fingerprint density at radius 3 is 1.62 bits per heavy atom. The second-order valence-electron chi connectivity index (χ2n) is 8.19. The maximum absolute atomic E-state index is 12.3. The van der Waals surface area contributed by atoms with E-state index in [1.165, 1.54) is 32.1 Å². The molecule has 0 saturated heterocycles. The standard InChI is InChI=1S/C24H44O5/c1-3-5-7-9-10-11-12-14-16-18-21(26)23(24(28)29)22(27)19-20(25)17-15-13-8-6-4-2/h20,25-26H,3-19H2,1-2H3,(H,28,29). The van der Waals surface area contributed by atoms with Crippen molar-refractivity contribution in [3.8, 4) is 0 Å². The van der Waals surface area contributed by atoms with Crippen LogP contribution in [0.3, 0.4) is 0 Å². The number of unbranched alkanes of at least 4 members (excludes halogenated alkanes) is 12. The molecule has 0 aliphatic heterocycles. The Hall–Kier alpha value is -1.36. The number of aliphatic hydroxyl groups excluding tert-OH is 2. The highest BCUT2D eigenvalue weighted by Gasteiger charge is 2.24. The average Bonchev–Trinajstić information content (AvgIpc) is 2.66. The van der Waals surface area contributed by atoms with Gasteiger partial charge >= 0.3 is 5.97 Å². The highest BCUT2D eigenvalue weighted by atomic mass is 16.4. The van der Waals surface area contributed by atoms with Crippen LogP contribution in [0.15, 0.2) is 11.3 Å². The molecular formula is C24H44O5.